The van der Waals surface area contributed by atoms with Crippen LogP contribution in [0, 0.1) is 6.92 Å². The SMILES string of the molecule is Cc1nc2c(c(-c3ccc(Cl)cc3Cl)c1CCl)C(=O)N(C[C@@H]1CCCN1C(=O)OC(C)(C)C)C2. The number of rotatable bonds is 4. The summed E-state index contributed by atoms with van der Waals surface area (Å²) in [6, 6.07) is 5.11. The zero-order valence-electron chi connectivity index (χ0n) is 19.8. The van der Waals surface area contributed by atoms with Crippen molar-refractivity contribution >= 4 is 46.8 Å². The molecule has 1 atom stereocenters. The number of amides is 2. The van der Waals surface area contributed by atoms with Crippen molar-refractivity contribution in [3.8, 4) is 11.1 Å². The number of hydrogen-bond acceptors (Lipinski definition) is 4. The van der Waals surface area contributed by atoms with Crippen molar-refractivity contribution in [1.82, 2.24) is 14.8 Å². The summed E-state index contributed by atoms with van der Waals surface area (Å²) in [5.74, 6) is 0.0637. The van der Waals surface area contributed by atoms with E-state index in [1.54, 1.807) is 21.9 Å². The Hall–Kier alpha value is -2.02. The number of benzene rings is 1. The van der Waals surface area contributed by atoms with E-state index >= 15 is 0 Å². The number of carbonyl (C=O) groups is 2. The molecule has 0 unspecified atom stereocenters. The molecule has 34 heavy (non-hydrogen) atoms. The lowest BCUT2D eigenvalue weighted by atomic mass is 9.93. The molecular formula is C25H28Cl3N3O3. The lowest BCUT2D eigenvalue weighted by molar-refractivity contribution is 0.0193. The van der Waals surface area contributed by atoms with Crippen LogP contribution in [0.3, 0.4) is 0 Å². The summed E-state index contributed by atoms with van der Waals surface area (Å²) in [6.07, 6.45) is 1.35. The largest absolute Gasteiger partial charge is 0.444 e. The maximum Gasteiger partial charge on any atom is 0.410 e. The van der Waals surface area contributed by atoms with Crippen LogP contribution in [0.25, 0.3) is 11.1 Å². The molecular weight excluding hydrogens is 497 g/mol. The monoisotopic (exact) mass is 523 g/mol. The molecule has 0 spiro atoms. The Labute approximate surface area is 215 Å². The van der Waals surface area contributed by atoms with Crippen LogP contribution < -0.4 is 0 Å². The molecule has 9 heteroatoms. The molecule has 1 aromatic heterocycles. The number of fused-ring (bicyclic) bond motifs is 1. The maximum atomic E-state index is 13.7. The van der Waals surface area contributed by atoms with Gasteiger partial charge in [0, 0.05) is 45.8 Å². The van der Waals surface area contributed by atoms with E-state index in [0.717, 1.165) is 24.1 Å². The topological polar surface area (TPSA) is 62.7 Å². The smallest absolute Gasteiger partial charge is 0.410 e. The minimum atomic E-state index is -0.573. The van der Waals surface area contributed by atoms with Gasteiger partial charge in [-0.25, -0.2) is 4.79 Å². The number of aromatic nitrogens is 1. The molecule has 2 aliphatic heterocycles. The fourth-order valence-electron chi connectivity index (χ4n) is 4.70. The summed E-state index contributed by atoms with van der Waals surface area (Å²) in [4.78, 5) is 34.6. The van der Waals surface area contributed by atoms with Crippen molar-refractivity contribution in [2.24, 2.45) is 0 Å². The van der Waals surface area contributed by atoms with Crippen LogP contribution in [0.5, 0.6) is 0 Å². The third-order valence-corrected chi connectivity index (χ3v) is 7.01. The molecule has 2 aromatic rings. The zero-order chi connectivity index (χ0) is 24.8. The van der Waals surface area contributed by atoms with Crippen molar-refractivity contribution in [3.05, 3.63) is 50.8 Å². The number of hydrogen-bond donors (Lipinski definition) is 0. The van der Waals surface area contributed by atoms with Gasteiger partial charge in [-0.1, -0.05) is 29.3 Å². The van der Waals surface area contributed by atoms with Crippen molar-refractivity contribution in [1.29, 1.82) is 0 Å². The molecule has 182 valence electrons. The first-order valence-electron chi connectivity index (χ1n) is 11.3. The second-order valence-electron chi connectivity index (χ2n) is 9.79. The highest BCUT2D eigenvalue weighted by Crippen LogP contribution is 2.40. The van der Waals surface area contributed by atoms with Gasteiger partial charge in [0.25, 0.3) is 5.91 Å². The summed E-state index contributed by atoms with van der Waals surface area (Å²) in [5.41, 5.74) is 3.59. The lowest BCUT2D eigenvalue weighted by Gasteiger charge is -2.30. The van der Waals surface area contributed by atoms with Gasteiger partial charge in [-0.3, -0.25) is 9.78 Å². The Morgan fingerprint density at radius 3 is 2.62 bits per heavy atom. The van der Waals surface area contributed by atoms with E-state index in [-0.39, 0.29) is 23.9 Å². The first-order chi connectivity index (χ1) is 16.0. The number of nitrogens with zero attached hydrogens (tertiary/aromatic N) is 3. The van der Waals surface area contributed by atoms with E-state index in [1.165, 1.54) is 0 Å². The van der Waals surface area contributed by atoms with E-state index in [0.29, 0.717) is 52.1 Å². The van der Waals surface area contributed by atoms with Crippen LogP contribution in [0.2, 0.25) is 10.0 Å². The average molecular weight is 525 g/mol. The van der Waals surface area contributed by atoms with Gasteiger partial charge in [0.2, 0.25) is 0 Å². The van der Waals surface area contributed by atoms with Crippen LogP contribution in [0.15, 0.2) is 18.2 Å². The second-order valence-corrected chi connectivity index (χ2v) is 10.9. The summed E-state index contributed by atoms with van der Waals surface area (Å²) in [7, 11) is 0. The van der Waals surface area contributed by atoms with Crippen molar-refractivity contribution in [2.45, 2.75) is 64.6 Å². The molecule has 3 heterocycles. The molecule has 0 saturated carbocycles. The highest BCUT2D eigenvalue weighted by atomic mass is 35.5. The normalized spacial score (nSPS) is 18.0. The van der Waals surface area contributed by atoms with Gasteiger partial charge in [0.1, 0.15) is 5.60 Å². The number of likely N-dealkylation sites (tertiary alicyclic amines) is 1. The Balaban J connectivity index is 1.66. The van der Waals surface area contributed by atoms with Gasteiger partial charge in [-0.15, -0.1) is 11.6 Å². The van der Waals surface area contributed by atoms with Crippen molar-refractivity contribution < 1.29 is 14.3 Å². The van der Waals surface area contributed by atoms with E-state index in [4.69, 9.17) is 44.5 Å². The summed E-state index contributed by atoms with van der Waals surface area (Å²) < 4.78 is 5.58. The number of aryl methyl sites for hydroxylation is 1. The average Bonchev–Trinajstić information content (AvgIpc) is 3.31. The molecule has 2 amide bonds. The van der Waals surface area contributed by atoms with Crippen LogP contribution >= 0.6 is 34.8 Å². The summed E-state index contributed by atoms with van der Waals surface area (Å²) in [6.45, 7) is 8.84. The number of alkyl halides is 1. The minimum Gasteiger partial charge on any atom is -0.444 e. The standard InChI is InChI=1S/C25H28Cl3N3O3/c1-14-18(11-26)21(17-8-7-15(27)10-19(17)28)22-20(29-14)13-30(23(22)32)12-16-6-5-9-31(16)24(33)34-25(2,3)4/h7-8,10,16H,5-6,9,11-13H2,1-4H3/t16-/m0/s1. The molecule has 2 aliphatic rings. The third kappa shape index (κ3) is 4.86. The number of ether oxygens (including phenoxy) is 1. The lowest BCUT2D eigenvalue weighted by Crippen LogP contribution is -2.45. The Bertz CT molecular complexity index is 1150. The van der Waals surface area contributed by atoms with Gasteiger partial charge in [0.05, 0.1) is 23.8 Å². The van der Waals surface area contributed by atoms with Crippen LogP contribution in [-0.2, 0) is 17.2 Å². The van der Waals surface area contributed by atoms with E-state index in [1.807, 2.05) is 33.8 Å². The number of halogens is 3. The van der Waals surface area contributed by atoms with Crippen LogP contribution in [-0.4, -0.2) is 51.5 Å². The molecule has 0 bridgehead atoms. The number of carbonyl (C=O) groups excluding carboxylic acids is 2. The highest BCUT2D eigenvalue weighted by molar-refractivity contribution is 6.36. The van der Waals surface area contributed by atoms with Crippen LogP contribution in [0.1, 0.15) is 60.9 Å². The van der Waals surface area contributed by atoms with Crippen LogP contribution in [0.4, 0.5) is 4.79 Å². The van der Waals surface area contributed by atoms with Gasteiger partial charge < -0.3 is 14.5 Å². The molecule has 0 radical (unpaired) electrons. The number of pyridine rings is 1. The molecule has 0 aliphatic carbocycles. The Kier molecular flexibility index (Phi) is 7.05. The second kappa shape index (κ2) is 9.56. The van der Waals surface area contributed by atoms with Gasteiger partial charge in [-0.05, 0) is 58.2 Å². The molecule has 4 rings (SSSR count). The first kappa shape index (κ1) is 25.1. The highest BCUT2D eigenvalue weighted by Gasteiger charge is 2.39. The van der Waals surface area contributed by atoms with Crippen molar-refractivity contribution in [3.63, 3.8) is 0 Å². The van der Waals surface area contributed by atoms with E-state index in [9.17, 15) is 9.59 Å². The predicted octanol–water partition coefficient (Wildman–Crippen LogP) is 6.46. The fourth-order valence-corrected chi connectivity index (χ4v) is 5.53. The fraction of sp³-hybridized carbons (Fsp3) is 0.480. The molecule has 6 nitrogen and oxygen atoms in total. The summed E-state index contributed by atoms with van der Waals surface area (Å²) >= 11 is 19.0. The molecule has 1 fully saturated rings. The zero-order valence-corrected chi connectivity index (χ0v) is 22.0. The van der Waals surface area contributed by atoms with E-state index in [2.05, 4.69) is 0 Å². The van der Waals surface area contributed by atoms with E-state index < -0.39 is 5.60 Å². The third-order valence-electron chi connectivity index (χ3n) is 6.19. The first-order valence-corrected chi connectivity index (χ1v) is 12.6. The van der Waals surface area contributed by atoms with Crippen molar-refractivity contribution in [2.75, 3.05) is 13.1 Å². The Morgan fingerprint density at radius 2 is 1.97 bits per heavy atom. The molecule has 1 saturated heterocycles. The predicted molar refractivity (Wildman–Crippen MR) is 135 cm³/mol. The molecule has 0 N–H and O–H groups in total. The molecule has 1 aromatic carbocycles. The Morgan fingerprint density at radius 1 is 1.24 bits per heavy atom. The van der Waals surface area contributed by atoms with Gasteiger partial charge in [0.15, 0.2) is 0 Å². The van der Waals surface area contributed by atoms with Gasteiger partial charge in [-0.2, -0.15) is 0 Å². The maximum absolute atomic E-state index is 13.7. The summed E-state index contributed by atoms with van der Waals surface area (Å²) in [5, 5.41) is 0.963. The van der Waals surface area contributed by atoms with Gasteiger partial charge >= 0.3 is 6.09 Å². The minimum absolute atomic E-state index is 0.107. The quantitative estimate of drug-likeness (QED) is 0.431.